The van der Waals surface area contributed by atoms with Crippen LogP contribution in [0.2, 0.25) is 0 Å². The summed E-state index contributed by atoms with van der Waals surface area (Å²) >= 11 is 2.60. The van der Waals surface area contributed by atoms with Gasteiger partial charge in [-0.3, -0.25) is 14.9 Å². The van der Waals surface area contributed by atoms with Gasteiger partial charge in [-0.05, 0) is 32.1 Å². The third-order valence-corrected chi connectivity index (χ3v) is 6.35. The van der Waals surface area contributed by atoms with E-state index >= 15 is 0 Å². The molecular formula is C16H19N5O3S2. The summed E-state index contributed by atoms with van der Waals surface area (Å²) < 4.78 is 5.84. The summed E-state index contributed by atoms with van der Waals surface area (Å²) in [5.74, 6) is 1.28. The van der Waals surface area contributed by atoms with Crippen LogP contribution in [0.15, 0.2) is 14.9 Å². The molecule has 138 valence electrons. The summed E-state index contributed by atoms with van der Waals surface area (Å²) in [6.07, 6.45) is 5.53. The molecule has 1 saturated heterocycles. The van der Waals surface area contributed by atoms with Gasteiger partial charge in [-0.2, -0.15) is 0 Å². The number of carbonyl (C=O) groups is 2. The lowest BCUT2D eigenvalue weighted by Gasteiger charge is -2.26. The molecule has 1 N–H and O–H groups in total. The number of aromatic nitrogens is 3. The number of likely N-dealkylation sites (tertiary alicyclic amines) is 1. The first-order valence-corrected chi connectivity index (χ1v) is 10.5. The number of hydrogen-bond acceptors (Lipinski definition) is 8. The summed E-state index contributed by atoms with van der Waals surface area (Å²) in [5.41, 5.74) is 0.247. The standard InChI is InChI=1S/C16H19N5O3S2/c22-13(21-6-2-1-3-7-21)9-25-16-19-18-15(26-16)17-14(23)11-8-12(24-20-11)10-4-5-10/h8,10H,1-7,9H2,(H,17,18,23). The highest BCUT2D eigenvalue weighted by molar-refractivity contribution is 8.01. The van der Waals surface area contributed by atoms with Crippen LogP contribution in [0.3, 0.4) is 0 Å². The van der Waals surface area contributed by atoms with Gasteiger partial charge in [-0.1, -0.05) is 28.3 Å². The number of carbonyl (C=O) groups excluding carboxylic acids is 2. The SMILES string of the molecule is O=C(Nc1nnc(SCC(=O)N2CCCCC2)s1)c1cc(C2CC2)on1. The average molecular weight is 393 g/mol. The Bertz CT molecular complexity index is 795. The zero-order valence-electron chi connectivity index (χ0n) is 14.1. The first-order valence-electron chi connectivity index (χ1n) is 8.71. The Labute approximate surface area is 158 Å². The topological polar surface area (TPSA) is 101 Å². The van der Waals surface area contributed by atoms with Crippen molar-refractivity contribution in [3.05, 3.63) is 17.5 Å². The number of nitrogens with zero attached hydrogens (tertiary/aromatic N) is 4. The molecule has 1 aliphatic heterocycles. The summed E-state index contributed by atoms with van der Waals surface area (Å²) in [6.45, 7) is 1.69. The summed E-state index contributed by atoms with van der Waals surface area (Å²) in [6, 6.07) is 1.68. The number of rotatable bonds is 6. The number of thioether (sulfide) groups is 1. The van der Waals surface area contributed by atoms with Crippen LogP contribution in [0.5, 0.6) is 0 Å². The second-order valence-electron chi connectivity index (χ2n) is 6.45. The summed E-state index contributed by atoms with van der Waals surface area (Å²) in [7, 11) is 0. The van der Waals surface area contributed by atoms with Crippen molar-refractivity contribution in [2.45, 2.75) is 42.4 Å². The van der Waals surface area contributed by atoms with E-state index in [-0.39, 0.29) is 17.5 Å². The molecule has 0 aromatic carbocycles. The maximum Gasteiger partial charge on any atom is 0.279 e. The fraction of sp³-hybridized carbons (Fsp3) is 0.562. The zero-order valence-corrected chi connectivity index (χ0v) is 15.8. The number of piperidine rings is 1. The molecule has 0 bridgehead atoms. The molecule has 2 aliphatic rings. The van der Waals surface area contributed by atoms with E-state index in [1.54, 1.807) is 6.07 Å². The van der Waals surface area contributed by atoms with Crippen LogP contribution in [-0.4, -0.2) is 50.9 Å². The number of anilines is 1. The molecule has 8 nitrogen and oxygen atoms in total. The number of nitrogens with one attached hydrogen (secondary N) is 1. The smallest absolute Gasteiger partial charge is 0.279 e. The van der Waals surface area contributed by atoms with Gasteiger partial charge in [0, 0.05) is 25.1 Å². The molecule has 10 heteroatoms. The van der Waals surface area contributed by atoms with Crippen LogP contribution in [0.1, 0.15) is 54.3 Å². The fourth-order valence-electron chi connectivity index (χ4n) is 2.79. The van der Waals surface area contributed by atoms with Crippen LogP contribution < -0.4 is 5.32 Å². The minimum absolute atomic E-state index is 0.130. The van der Waals surface area contributed by atoms with E-state index in [2.05, 4.69) is 20.7 Å². The Morgan fingerprint density at radius 1 is 1.27 bits per heavy atom. The van der Waals surface area contributed by atoms with E-state index in [1.165, 1.54) is 29.5 Å². The Hall–Kier alpha value is -1.94. The third-order valence-electron chi connectivity index (χ3n) is 4.40. The van der Waals surface area contributed by atoms with E-state index in [0.717, 1.165) is 44.5 Å². The molecule has 2 aromatic rings. The van der Waals surface area contributed by atoms with E-state index in [1.807, 2.05) is 4.90 Å². The largest absolute Gasteiger partial charge is 0.360 e. The Kier molecular flexibility index (Phi) is 5.21. The lowest BCUT2D eigenvalue weighted by atomic mass is 10.1. The maximum atomic E-state index is 12.2. The molecule has 2 fully saturated rings. The quantitative estimate of drug-likeness (QED) is 0.595. The maximum absolute atomic E-state index is 12.2. The molecule has 0 unspecified atom stereocenters. The molecule has 2 amide bonds. The van der Waals surface area contributed by atoms with Crippen molar-refractivity contribution in [1.29, 1.82) is 0 Å². The molecule has 1 aliphatic carbocycles. The predicted octanol–water partition coefficient (Wildman–Crippen LogP) is 2.76. The van der Waals surface area contributed by atoms with Gasteiger partial charge in [-0.15, -0.1) is 10.2 Å². The highest BCUT2D eigenvalue weighted by Gasteiger charge is 2.29. The van der Waals surface area contributed by atoms with E-state index in [9.17, 15) is 9.59 Å². The van der Waals surface area contributed by atoms with Crippen molar-refractivity contribution in [3.8, 4) is 0 Å². The Morgan fingerprint density at radius 3 is 2.85 bits per heavy atom. The lowest BCUT2D eigenvalue weighted by Crippen LogP contribution is -2.36. The van der Waals surface area contributed by atoms with Gasteiger partial charge in [0.15, 0.2) is 10.0 Å². The highest BCUT2D eigenvalue weighted by atomic mass is 32.2. The van der Waals surface area contributed by atoms with Crippen molar-refractivity contribution in [2.75, 3.05) is 24.2 Å². The summed E-state index contributed by atoms with van der Waals surface area (Å²) in [5, 5.41) is 14.9. The Morgan fingerprint density at radius 2 is 2.08 bits per heavy atom. The van der Waals surface area contributed by atoms with Crippen LogP contribution >= 0.6 is 23.1 Å². The molecular weight excluding hydrogens is 374 g/mol. The second kappa shape index (κ2) is 7.75. The van der Waals surface area contributed by atoms with Crippen LogP contribution in [0, 0.1) is 0 Å². The third kappa shape index (κ3) is 4.24. The first kappa shape index (κ1) is 17.5. The minimum atomic E-state index is -0.363. The zero-order chi connectivity index (χ0) is 17.9. The van der Waals surface area contributed by atoms with E-state index < -0.39 is 0 Å². The lowest BCUT2D eigenvalue weighted by molar-refractivity contribution is -0.129. The molecule has 0 radical (unpaired) electrons. The predicted molar refractivity (Wildman–Crippen MR) is 97.5 cm³/mol. The molecule has 0 atom stereocenters. The molecule has 4 rings (SSSR count). The van der Waals surface area contributed by atoms with E-state index in [0.29, 0.717) is 21.1 Å². The van der Waals surface area contributed by atoms with Crippen LogP contribution in [0.25, 0.3) is 0 Å². The van der Waals surface area contributed by atoms with Gasteiger partial charge >= 0.3 is 0 Å². The van der Waals surface area contributed by atoms with Gasteiger partial charge in [0.2, 0.25) is 11.0 Å². The molecule has 1 saturated carbocycles. The van der Waals surface area contributed by atoms with Crippen molar-refractivity contribution in [3.63, 3.8) is 0 Å². The fourth-order valence-corrected chi connectivity index (χ4v) is 4.44. The second-order valence-corrected chi connectivity index (χ2v) is 8.65. The van der Waals surface area contributed by atoms with E-state index in [4.69, 9.17) is 4.52 Å². The first-order chi connectivity index (χ1) is 12.7. The normalized spacial score (nSPS) is 17.3. The van der Waals surface area contributed by atoms with Gasteiger partial charge in [0.05, 0.1) is 5.75 Å². The Balaban J connectivity index is 1.28. The van der Waals surface area contributed by atoms with Crippen molar-refractivity contribution in [1.82, 2.24) is 20.3 Å². The molecule has 3 heterocycles. The number of amides is 2. The van der Waals surface area contributed by atoms with Crippen molar-refractivity contribution >= 4 is 40.0 Å². The van der Waals surface area contributed by atoms with Gasteiger partial charge in [0.1, 0.15) is 5.76 Å². The molecule has 26 heavy (non-hydrogen) atoms. The van der Waals surface area contributed by atoms with Crippen LogP contribution in [0.4, 0.5) is 5.13 Å². The molecule has 0 spiro atoms. The number of hydrogen-bond donors (Lipinski definition) is 1. The average Bonchev–Trinajstić information content (AvgIpc) is 3.22. The van der Waals surface area contributed by atoms with Gasteiger partial charge in [-0.25, -0.2) is 0 Å². The van der Waals surface area contributed by atoms with Crippen molar-refractivity contribution < 1.29 is 14.1 Å². The highest BCUT2D eigenvalue weighted by Crippen LogP contribution is 2.40. The van der Waals surface area contributed by atoms with Gasteiger partial charge < -0.3 is 9.42 Å². The molecule has 2 aromatic heterocycles. The minimum Gasteiger partial charge on any atom is -0.360 e. The monoisotopic (exact) mass is 393 g/mol. The van der Waals surface area contributed by atoms with Gasteiger partial charge in [0.25, 0.3) is 5.91 Å². The van der Waals surface area contributed by atoms with Crippen LogP contribution in [-0.2, 0) is 4.79 Å². The summed E-state index contributed by atoms with van der Waals surface area (Å²) in [4.78, 5) is 26.3. The van der Waals surface area contributed by atoms with Crippen molar-refractivity contribution in [2.24, 2.45) is 0 Å².